The summed E-state index contributed by atoms with van der Waals surface area (Å²) < 4.78 is 0. The van der Waals surface area contributed by atoms with Crippen LogP contribution in [0.25, 0.3) is 0 Å². The molecular weight excluding hydrogens is 290 g/mol. The van der Waals surface area contributed by atoms with Gasteiger partial charge in [0.05, 0.1) is 11.4 Å². The van der Waals surface area contributed by atoms with Crippen LogP contribution >= 0.6 is 0 Å². The van der Waals surface area contributed by atoms with E-state index in [1.54, 1.807) is 6.07 Å². The van der Waals surface area contributed by atoms with E-state index in [4.69, 9.17) is 0 Å². The maximum atomic E-state index is 12.4. The summed E-state index contributed by atoms with van der Waals surface area (Å²) in [6, 6.07) is 14.7. The molecule has 2 amide bonds. The van der Waals surface area contributed by atoms with Crippen LogP contribution in [0.1, 0.15) is 23.2 Å². The van der Waals surface area contributed by atoms with Gasteiger partial charge in [-0.3, -0.25) is 9.59 Å². The predicted octanol–water partition coefficient (Wildman–Crippen LogP) is 2.86. The molecule has 0 unspecified atom stereocenters. The van der Waals surface area contributed by atoms with Gasteiger partial charge in [-0.1, -0.05) is 18.2 Å². The number of rotatable bonds is 2. The van der Waals surface area contributed by atoms with Gasteiger partial charge >= 0.3 is 0 Å². The topological polar surface area (TPSA) is 61.4 Å². The van der Waals surface area contributed by atoms with Gasteiger partial charge in [0.1, 0.15) is 6.04 Å². The van der Waals surface area contributed by atoms with Gasteiger partial charge < -0.3 is 15.5 Å². The average molecular weight is 307 g/mol. The highest BCUT2D eigenvalue weighted by atomic mass is 16.2. The van der Waals surface area contributed by atoms with Crippen molar-refractivity contribution < 1.29 is 9.59 Å². The Hall–Kier alpha value is -2.82. The summed E-state index contributed by atoms with van der Waals surface area (Å²) in [4.78, 5) is 26.7. The van der Waals surface area contributed by atoms with Crippen LogP contribution in [0, 0.1) is 0 Å². The van der Waals surface area contributed by atoms with Crippen LogP contribution in [-0.2, 0) is 4.79 Å². The first-order valence-corrected chi connectivity index (χ1v) is 7.80. The molecule has 2 aromatic rings. The van der Waals surface area contributed by atoms with Crippen molar-refractivity contribution in [2.45, 2.75) is 18.9 Å². The molecule has 0 radical (unpaired) electrons. The molecule has 4 rings (SSSR count). The first kappa shape index (κ1) is 13.8. The number of carbonyl (C=O) groups excluding carboxylic acids is 2. The Morgan fingerprint density at radius 1 is 1.17 bits per heavy atom. The molecule has 5 nitrogen and oxygen atoms in total. The fourth-order valence-electron chi connectivity index (χ4n) is 3.30. The van der Waals surface area contributed by atoms with Gasteiger partial charge in [0.2, 0.25) is 5.91 Å². The van der Waals surface area contributed by atoms with Gasteiger partial charge in [-0.05, 0) is 43.2 Å². The Morgan fingerprint density at radius 2 is 2.00 bits per heavy atom. The SMILES string of the molecule is O=C(Nc1ccccc1)c1ccc2c(c1)NC(=O)[C@@H]1CCCN21. The van der Waals surface area contributed by atoms with Crippen molar-refractivity contribution >= 4 is 28.9 Å². The molecule has 2 aromatic carbocycles. The number of anilines is 3. The minimum atomic E-state index is -0.184. The highest BCUT2D eigenvalue weighted by Gasteiger charge is 2.36. The first-order valence-electron chi connectivity index (χ1n) is 7.80. The molecular formula is C18H17N3O2. The molecule has 5 heteroatoms. The number of hydrogen-bond donors (Lipinski definition) is 2. The molecule has 2 N–H and O–H groups in total. The zero-order valence-electron chi connectivity index (χ0n) is 12.6. The fourth-order valence-corrected chi connectivity index (χ4v) is 3.30. The second-order valence-corrected chi connectivity index (χ2v) is 5.89. The molecule has 1 atom stereocenters. The third kappa shape index (κ3) is 2.44. The van der Waals surface area contributed by atoms with Crippen molar-refractivity contribution in [1.82, 2.24) is 0 Å². The second kappa shape index (κ2) is 5.43. The smallest absolute Gasteiger partial charge is 0.255 e. The Kier molecular flexibility index (Phi) is 3.26. The molecule has 0 bridgehead atoms. The summed E-state index contributed by atoms with van der Waals surface area (Å²) in [7, 11) is 0. The molecule has 2 aliphatic heterocycles. The highest BCUT2D eigenvalue weighted by molar-refractivity contribution is 6.08. The summed E-state index contributed by atoms with van der Waals surface area (Å²) in [5.74, 6) is -0.160. The van der Waals surface area contributed by atoms with E-state index < -0.39 is 0 Å². The van der Waals surface area contributed by atoms with Gasteiger partial charge in [0.25, 0.3) is 5.91 Å². The fraction of sp³-hybridized carbons (Fsp3) is 0.222. The van der Waals surface area contributed by atoms with Crippen LogP contribution in [0.3, 0.4) is 0 Å². The largest absolute Gasteiger partial charge is 0.358 e. The van der Waals surface area contributed by atoms with E-state index in [2.05, 4.69) is 15.5 Å². The third-order valence-electron chi connectivity index (χ3n) is 4.41. The van der Waals surface area contributed by atoms with Crippen molar-refractivity contribution in [2.75, 3.05) is 22.1 Å². The molecule has 2 heterocycles. The van der Waals surface area contributed by atoms with Crippen LogP contribution in [0.15, 0.2) is 48.5 Å². The second-order valence-electron chi connectivity index (χ2n) is 5.89. The number of carbonyl (C=O) groups is 2. The maximum absolute atomic E-state index is 12.4. The Labute approximate surface area is 134 Å². The molecule has 1 saturated heterocycles. The molecule has 116 valence electrons. The van der Waals surface area contributed by atoms with Crippen LogP contribution in [0.4, 0.5) is 17.1 Å². The molecule has 23 heavy (non-hydrogen) atoms. The van der Waals surface area contributed by atoms with Gasteiger partial charge in [-0.2, -0.15) is 0 Å². The van der Waals surface area contributed by atoms with Gasteiger partial charge in [-0.15, -0.1) is 0 Å². The van der Waals surface area contributed by atoms with Gasteiger partial charge in [-0.25, -0.2) is 0 Å². The van der Waals surface area contributed by atoms with Gasteiger partial charge in [0, 0.05) is 17.8 Å². The molecule has 0 aromatic heterocycles. The van der Waals surface area contributed by atoms with Crippen molar-refractivity contribution in [2.24, 2.45) is 0 Å². The average Bonchev–Trinajstić information content (AvgIpc) is 3.06. The van der Waals surface area contributed by atoms with E-state index in [9.17, 15) is 9.59 Å². The summed E-state index contributed by atoms with van der Waals surface area (Å²) in [6.45, 7) is 0.890. The quantitative estimate of drug-likeness (QED) is 0.897. The lowest BCUT2D eigenvalue weighted by molar-refractivity contribution is -0.117. The number of nitrogens with zero attached hydrogens (tertiary/aromatic N) is 1. The lowest BCUT2D eigenvalue weighted by Gasteiger charge is -2.33. The van der Waals surface area contributed by atoms with Crippen molar-refractivity contribution in [3.8, 4) is 0 Å². The van der Waals surface area contributed by atoms with Crippen LogP contribution < -0.4 is 15.5 Å². The monoisotopic (exact) mass is 307 g/mol. The van der Waals surface area contributed by atoms with E-state index in [1.165, 1.54) is 0 Å². The normalized spacial score (nSPS) is 18.9. The maximum Gasteiger partial charge on any atom is 0.255 e. The van der Waals surface area contributed by atoms with Crippen LogP contribution in [0.2, 0.25) is 0 Å². The Morgan fingerprint density at radius 3 is 2.83 bits per heavy atom. The minimum Gasteiger partial charge on any atom is -0.358 e. The Balaban J connectivity index is 1.61. The number of amides is 2. The summed E-state index contributed by atoms with van der Waals surface area (Å²) in [6.07, 6.45) is 1.91. The van der Waals surface area contributed by atoms with E-state index in [-0.39, 0.29) is 17.9 Å². The highest BCUT2D eigenvalue weighted by Crippen LogP contribution is 2.37. The predicted molar refractivity (Wildman–Crippen MR) is 89.8 cm³/mol. The Bertz CT molecular complexity index is 773. The summed E-state index contributed by atoms with van der Waals surface area (Å²) in [5.41, 5.74) is 3.00. The van der Waals surface area contributed by atoms with Gasteiger partial charge in [0.15, 0.2) is 0 Å². The number of benzene rings is 2. The van der Waals surface area contributed by atoms with E-state index in [0.29, 0.717) is 11.3 Å². The lowest BCUT2D eigenvalue weighted by atomic mass is 10.1. The molecule has 0 saturated carbocycles. The summed E-state index contributed by atoms with van der Waals surface area (Å²) >= 11 is 0. The molecule has 0 aliphatic carbocycles. The third-order valence-corrected chi connectivity index (χ3v) is 4.41. The van der Waals surface area contributed by atoms with E-state index >= 15 is 0 Å². The zero-order chi connectivity index (χ0) is 15.8. The lowest BCUT2D eigenvalue weighted by Crippen LogP contribution is -2.43. The molecule has 1 fully saturated rings. The van der Waals surface area contributed by atoms with Crippen molar-refractivity contribution in [3.05, 3.63) is 54.1 Å². The molecule has 0 spiro atoms. The minimum absolute atomic E-state index is 0.0237. The van der Waals surface area contributed by atoms with E-state index in [0.717, 1.165) is 30.8 Å². The first-order chi connectivity index (χ1) is 11.2. The van der Waals surface area contributed by atoms with E-state index in [1.807, 2.05) is 42.5 Å². The summed E-state index contributed by atoms with van der Waals surface area (Å²) in [5, 5.41) is 5.79. The van der Waals surface area contributed by atoms with Crippen molar-refractivity contribution in [1.29, 1.82) is 0 Å². The number of fused-ring (bicyclic) bond motifs is 3. The number of hydrogen-bond acceptors (Lipinski definition) is 3. The zero-order valence-corrected chi connectivity index (χ0v) is 12.6. The molecule has 2 aliphatic rings. The number of nitrogens with one attached hydrogen (secondary N) is 2. The van der Waals surface area contributed by atoms with Crippen molar-refractivity contribution in [3.63, 3.8) is 0 Å². The number of para-hydroxylation sites is 1. The van der Waals surface area contributed by atoms with Crippen LogP contribution in [-0.4, -0.2) is 24.4 Å². The van der Waals surface area contributed by atoms with Crippen LogP contribution in [0.5, 0.6) is 0 Å². The standard InChI is InChI=1S/C18H17N3O2/c22-17(19-13-5-2-1-3-6-13)12-8-9-15-14(11-12)20-18(23)16-7-4-10-21(15)16/h1-3,5-6,8-9,11,16H,4,7,10H2,(H,19,22)(H,20,23)/t16-/m0/s1.